The predicted octanol–water partition coefficient (Wildman–Crippen LogP) is 4.29. The van der Waals surface area contributed by atoms with Crippen LogP contribution in [0.25, 0.3) is 11.3 Å². The highest BCUT2D eigenvalue weighted by Crippen LogP contribution is 2.24. The van der Waals surface area contributed by atoms with E-state index in [0.717, 1.165) is 16.8 Å². The van der Waals surface area contributed by atoms with Gasteiger partial charge in [-0.25, -0.2) is 4.98 Å². The van der Waals surface area contributed by atoms with E-state index < -0.39 is 0 Å². The molecule has 0 bridgehead atoms. The van der Waals surface area contributed by atoms with Crippen LogP contribution < -0.4 is 5.32 Å². The number of aromatic nitrogens is 3. The van der Waals surface area contributed by atoms with Crippen molar-refractivity contribution in [3.8, 4) is 11.3 Å². The van der Waals surface area contributed by atoms with Crippen LogP contribution in [-0.2, 0) is 4.79 Å². The van der Waals surface area contributed by atoms with Crippen LogP contribution in [0.3, 0.4) is 0 Å². The van der Waals surface area contributed by atoms with Crippen molar-refractivity contribution in [3.63, 3.8) is 0 Å². The third-order valence-corrected chi connectivity index (χ3v) is 5.41. The van der Waals surface area contributed by atoms with Crippen molar-refractivity contribution in [1.29, 1.82) is 0 Å². The molecule has 1 aromatic heterocycles. The summed E-state index contributed by atoms with van der Waals surface area (Å²) < 4.78 is 0. The largest absolute Gasteiger partial charge is 0.349 e. The molecule has 5 nitrogen and oxygen atoms in total. The van der Waals surface area contributed by atoms with Crippen LogP contribution in [0.2, 0.25) is 0 Å². The molecule has 3 aromatic rings. The van der Waals surface area contributed by atoms with E-state index in [9.17, 15) is 4.79 Å². The maximum absolute atomic E-state index is 12.6. The summed E-state index contributed by atoms with van der Waals surface area (Å²) in [6.45, 7) is 3.97. The first-order valence-electron chi connectivity index (χ1n) is 8.94. The molecule has 0 unspecified atom stereocenters. The molecule has 1 N–H and O–H groups in total. The lowest BCUT2D eigenvalue weighted by Crippen LogP contribution is -2.34. The predicted molar refractivity (Wildman–Crippen MR) is 108 cm³/mol. The molecule has 0 radical (unpaired) electrons. The van der Waals surface area contributed by atoms with E-state index in [2.05, 4.69) is 20.5 Å². The molecule has 6 heteroatoms. The van der Waals surface area contributed by atoms with Crippen molar-refractivity contribution in [2.75, 3.05) is 0 Å². The molecule has 0 saturated heterocycles. The van der Waals surface area contributed by atoms with E-state index in [1.807, 2.05) is 74.5 Å². The van der Waals surface area contributed by atoms with Crippen LogP contribution in [0.1, 0.15) is 31.9 Å². The van der Waals surface area contributed by atoms with Gasteiger partial charge in [-0.1, -0.05) is 79.3 Å². The van der Waals surface area contributed by atoms with Gasteiger partial charge in [0.1, 0.15) is 5.69 Å². The number of hydrogen-bond donors (Lipinski definition) is 1. The number of carbonyl (C=O) groups excluding carboxylic acids is 1. The van der Waals surface area contributed by atoms with Gasteiger partial charge in [0.2, 0.25) is 11.1 Å². The molecule has 1 amide bonds. The summed E-state index contributed by atoms with van der Waals surface area (Å²) in [5.74, 6) is -0.0189. The highest BCUT2D eigenvalue weighted by Gasteiger charge is 2.21. The second-order valence-corrected chi connectivity index (χ2v) is 7.32. The van der Waals surface area contributed by atoms with Gasteiger partial charge in [-0.05, 0) is 18.9 Å². The summed E-state index contributed by atoms with van der Waals surface area (Å²) in [5.41, 5.74) is 2.77. The molecule has 2 atom stereocenters. The summed E-state index contributed by atoms with van der Waals surface area (Å²) in [4.78, 5) is 17.0. The highest BCUT2D eigenvalue weighted by atomic mass is 32.2. The smallest absolute Gasteiger partial charge is 0.234 e. The maximum Gasteiger partial charge on any atom is 0.234 e. The third kappa shape index (κ3) is 5.14. The molecule has 3 rings (SSSR count). The molecule has 0 aliphatic heterocycles. The topological polar surface area (TPSA) is 67.8 Å². The van der Waals surface area contributed by atoms with Gasteiger partial charge in [0.25, 0.3) is 0 Å². The summed E-state index contributed by atoms with van der Waals surface area (Å²) in [6.07, 6.45) is 2.38. The van der Waals surface area contributed by atoms with E-state index in [0.29, 0.717) is 11.6 Å². The van der Waals surface area contributed by atoms with Crippen molar-refractivity contribution in [2.24, 2.45) is 0 Å². The van der Waals surface area contributed by atoms with Gasteiger partial charge in [-0.2, -0.15) is 0 Å². The quantitative estimate of drug-likeness (QED) is 0.621. The fraction of sp³-hybridized carbons (Fsp3) is 0.238. The van der Waals surface area contributed by atoms with Gasteiger partial charge < -0.3 is 5.32 Å². The van der Waals surface area contributed by atoms with Gasteiger partial charge in [0.05, 0.1) is 17.5 Å². The lowest BCUT2D eigenvalue weighted by Gasteiger charge is -2.18. The van der Waals surface area contributed by atoms with Crippen LogP contribution in [0.5, 0.6) is 0 Å². The Bertz CT molecular complexity index is 856. The van der Waals surface area contributed by atoms with Crippen molar-refractivity contribution in [2.45, 2.75) is 36.7 Å². The van der Waals surface area contributed by atoms with E-state index in [-0.39, 0.29) is 17.2 Å². The summed E-state index contributed by atoms with van der Waals surface area (Å²) >= 11 is 1.34. The number of hydrogen-bond acceptors (Lipinski definition) is 5. The molecule has 0 aliphatic rings. The lowest BCUT2D eigenvalue weighted by atomic mass is 10.1. The average molecular weight is 379 g/mol. The molecule has 0 aliphatic carbocycles. The van der Waals surface area contributed by atoms with Crippen LogP contribution in [0.15, 0.2) is 72.0 Å². The zero-order chi connectivity index (χ0) is 19.1. The number of nitrogens with one attached hydrogen (secondary N) is 1. The van der Waals surface area contributed by atoms with Crippen LogP contribution in [0.4, 0.5) is 0 Å². The van der Waals surface area contributed by atoms with E-state index in [1.165, 1.54) is 11.8 Å². The fourth-order valence-corrected chi connectivity index (χ4v) is 3.44. The Hall–Kier alpha value is -2.73. The number of carbonyl (C=O) groups is 1. The third-order valence-electron chi connectivity index (χ3n) is 4.18. The van der Waals surface area contributed by atoms with Crippen molar-refractivity contribution in [1.82, 2.24) is 20.5 Å². The fourth-order valence-electron chi connectivity index (χ4n) is 2.64. The Morgan fingerprint density at radius 3 is 2.30 bits per heavy atom. The average Bonchev–Trinajstić information content (AvgIpc) is 2.73. The van der Waals surface area contributed by atoms with Crippen molar-refractivity contribution < 1.29 is 4.79 Å². The Kier molecular flexibility index (Phi) is 6.54. The van der Waals surface area contributed by atoms with Gasteiger partial charge in [0, 0.05) is 5.56 Å². The monoisotopic (exact) mass is 378 g/mol. The molecule has 1 heterocycles. The Labute approximate surface area is 163 Å². The molecule has 2 aromatic carbocycles. The first-order chi connectivity index (χ1) is 13.2. The van der Waals surface area contributed by atoms with Gasteiger partial charge in [-0.15, -0.1) is 10.2 Å². The lowest BCUT2D eigenvalue weighted by molar-refractivity contribution is -0.121. The SMILES string of the molecule is CC[C@@H](Sc1ncc(-c2ccccc2)nn1)C(=O)N[C@H](C)c1ccccc1. The number of nitrogens with zero attached hydrogens (tertiary/aromatic N) is 3. The summed E-state index contributed by atoms with van der Waals surface area (Å²) in [5, 5.41) is 11.7. The van der Waals surface area contributed by atoms with Crippen molar-refractivity contribution >= 4 is 17.7 Å². The number of rotatable bonds is 7. The zero-order valence-corrected chi connectivity index (χ0v) is 16.2. The minimum atomic E-state index is -0.263. The Morgan fingerprint density at radius 1 is 1.04 bits per heavy atom. The van der Waals surface area contributed by atoms with Gasteiger partial charge in [-0.3, -0.25) is 4.79 Å². The van der Waals surface area contributed by atoms with E-state index >= 15 is 0 Å². The molecule has 138 valence electrons. The minimum absolute atomic E-state index is 0.0189. The second kappa shape index (κ2) is 9.28. The van der Waals surface area contributed by atoms with Gasteiger partial charge >= 0.3 is 0 Å². The highest BCUT2D eigenvalue weighted by molar-refractivity contribution is 8.00. The van der Waals surface area contributed by atoms with E-state index in [4.69, 9.17) is 0 Å². The van der Waals surface area contributed by atoms with Crippen LogP contribution in [0, 0.1) is 0 Å². The first-order valence-corrected chi connectivity index (χ1v) is 9.82. The zero-order valence-electron chi connectivity index (χ0n) is 15.4. The number of amides is 1. The molecular weight excluding hydrogens is 356 g/mol. The van der Waals surface area contributed by atoms with Crippen molar-refractivity contribution in [3.05, 3.63) is 72.4 Å². The summed E-state index contributed by atoms with van der Waals surface area (Å²) in [6, 6.07) is 19.7. The molecule has 0 fully saturated rings. The first kappa shape index (κ1) is 19.0. The molecular formula is C21H22N4OS. The molecule has 0 spiro atoms. The summed E-state index contributed by atoms with van der Waals surface area (Å²) in [7, 11) is 0. The number of benzene rings is 2. The second-order valence-electron chi connectivity index (χ2n) is 6.15. The normalized spacial score (nSPS) is 13.0. The Balaban J connectivity index is 1.63. The maximum atomic E-state index is 12.6. The van der Waals surface area contributed by atoms with Crippen LogP contribution in [-0.4, -0.2) is 26.3 Å². The number of thioether (sulfide) groups is 1. The standard InChI is InChI=1S/C21H22N4OS/c1-3-19(20(26)23-15(2)16-10-6-4-7-11-16)27-21-22-14-18(24-25-21)17-12-8-5-9-13-17/h4-15,19H,3H2,1-2H3,(H,23,26)/t15-,19-/m1/s1. The van der Waals surface area contributed by atoms with Gasteiger partial charge in [0.15, 0.2) is 0 Å². The van der Waals surface area contributed by atoms with Crippen LogP contribution >= 0.6 is 11.8 Å². The Morgan fingerprint density at radius 2 is 1.70 bits per heavy atom. The molecule has 0 saturated carbocycles. The molecule has 27 heavy (non-hydrogen) atoms. The minimum Gasteiger partial charge on any atom is -0.349 e. The van der Waals surface area contributed by atoms with E-state index in [1.54, 1.807) is 6.20 Å².